The molecule has 0 aliphatic carbocycles. The van der Waals surface area contributed by atoms with E-state index in [2.05, 4.69) is 58.7 Å². The highest BCUT2D eigenvalue weighted by atomic mass is 35.5. The molecule has 0 radical (unpaired) electrons. The van der Waals surface area contributed by atoms with Crippen LogP contribution in [0.5, 0.6) is 5.75 Å². The zero-order valence-corrected chi connectivity index (χ0v) is 14.9. The number of hydrogen-bond acceptors (Lipinski definition) is 3. The van der Waals surface area contributed by atoms with Crippen molar-refractivity contribution in [2.24, 2.45) is 10.8 Å². The fourth-order valence-corrected chi connectivity index (χ4v) is 3.44. The van der Waals surface area contributed by atoms with E-state index < -0.39 is 6.29 Å². The predicted molar refractivity (Wildman–Crippen MR) is 88.3 cm³/mol. The molecule has 1 aromatic carbocycles. The van der Waals surface area contributed by atoms with E-state index in [-0.39, 0.29) is 10.8 Å². The number of nitrogens with one attached hydrogen (secondary N) is 1. The van der Waals surface area contributed by atoms with Gasteiger partial charge in [-0.2, -0.15) is 0 Å². The molecule has 0 amide bonds. The fourth-order valence-electron chi connectivity index (χ4n) is 3.32. The Balaban J connectivity index is 2.94. The average molecular weight is 314 g/mol. The summed E-state index contributed by atoms with van der Waals surface area (Å²) in [6.45, 7) is 15.5. The summed E-state index contributed by atoms with van der Waals surface area (Å²) >= 11 is 5.28. The first-order chi connectivity index (χ1) is 9.55. The van der Waals surface area contributed by atoms with Crippen molar-refractivity contribution in [3.05, 3.63) is 29.8 Å². The Hall–Kier alpha value is -0.770. The van der Waals surface area contributed by atoms with Gasteiger partial charge < -0.3 is 4.74 Å². The van der Waals surface area contributed by atoms with Gasteiger partial charge in [-0.15, -0.1) is 5.00 Å². The van der Waals surface area contributed by atoms with Crippen molar-refractivity contribution < 1.29 is 9.57 Å². The molecule has 1 aromatic rings. The number of hydrogen-bond donors (Lipinski definition) is 1. The van der Waals surface area contributed by atoms with Gasteiger partial charge in [-0.3, -0.25) is 0 Å². The maximum absolute atomic E-state index is 5.59. The monoisotopic (exact) mass is 313 g/mol. The zero-order valence-electron chi connectivity index (χ0n) is 14.2. The first-order valence-corrected chi connectivity index (χ1v) is 7.71. The van der Waals surface area contributed by atoms with Crippen LogP contribution in [0.15, 0.2) is 24.3 Å². The lowest BCUT2D eigenvalue weighted by Crippen LogP contribution is -2.30. The molecule has 3 nitrogen and oxygen atoms in total. The zero-order chi connectivity index (χ0) is 16.3. The molecule has 0 saturated heterocycles. The highest BCUT2D eigenvalue weighted by Gasteiger charge is 2.35. The molecule has 0 fully saturated rings. The van der Waals surface area contributed by atoms with Gasteiger partial charge in [-0.25, -0.2) is 4.84 Å². The van der Waals surface area contributed by atoms with Gasteiger partial charge in [0.1, 0.15) is 5.75 Å². The van der Waals surface area contributed by atoms with E-state index >= 15 is 0 Å². The molecule has 1 atom stereocenters. The predicted octanol–water partition coefficient (Wildman–Crippen LogP) is 5.26. The van der Waals surface area contributed by atoms with Crippen LogP contribution in [0.25, 0.3) is 0 Å². The number of ether oxygens (including phenoxy) is 1. The lowest BCUT2D eigenvalue weighted by molar-refractivity contribution is -0.0910. The first kappa shape index (κ1) is 18.3. The Bertz CT molecular complexity index is 418. The molecule has 0 heterocycles. The Kier molecular flexibility index (Phi) is 6.09. The van der Waals surface area contributed by atoms with E-state index in [1.165, 1.54) is 5.56 Å². The number of rotatable bonds is 5. The quantitative estimate of drug-likeness (QED) is 0.457. The van der Waals surface area contributed by atoms with Crippen molar-refractivity contribution >= 4 is 11.8 Å². The Morgan fingerprint density at radius 3 is 1.81 bits per heavy atom. The molecule has 0 aliphatic heterocycles. The summed E-state index contributed by atoms with van der Waals surface area (Å²) in [5.74, 6) is 1.22. The van der Waals surface area contributed by atoms with Crippen molar-refractivity contribution in [1.29, 1.82) is 0 Å². The summed E-state index contributed by atoms with van der Waals surface area (Å²) in [6, 6.07) is 8.23. The highest BCUT2D eigenvalue weighted by molar-refractivity contribution is 6.12. The van der Waals surface area contributed by atoms with Crippen molar-refractivity contribution in [3.63, 3.8) is 0 Å². The molecule has 120 valence electrons. The van der Waals surface area contributed by atoms with Crippen LogP contribution in [0.3, 0.4) is 0 Å². The van der Waals surface area contributed by atoms with E-state index in [1.54, 1.807) is 6.92 Å². The fraction of sp³-hybridized carbons (Fsp3) is 0.647. The smallest absolute Gasteiger partial charge is 0.216 e. The van der Waals surface area contributed by atoms with E-state index in [0.717, 1.165) is 5.75 Å². The van der Waals surface area contributed by atoms with Crippen LogP contribution in [0, 0.1) is 10.8 Å². The lowest BCUT2D eigenvalue weighted by atomic mass is 9.64. The molecule has 0 bridgehead atoms. The minimum Gasteiger partial charge on any atom is -0.464 e. The molecule has 0 aromatic heterocycles. The summed E-state index contributed by atoms with van der Waals surface area (Å²) in [5.41, 5.74) is 1.71. The minimum absolute atomic E-state index is 0.194. The van der Waals surface area contributed by atoms with Gasteiger partial charge in [0.2, 0.25) is 6.29 Å². The van der Waals surface area contributed by atoms with E-state index in [4.69, 9.17) is 21.4 Å². The largest absolute Gasteiger partial charge is 0.464 e. The van der Waals surface area contributed by atoms with Crippen LogP contribution in [0.1, 0.15) is 59.9 Å². The Morgan fingerprint density at radius 2 is 1.43 bits per heavy atom. The van der Waals surface area contributed by atoms with Gasteiger partial charge in [-0.1, -0.05) is 53.7 Å². The van der Waals surface area contributed by atoms with Crippen LogP contribution < -0.4 is 9.74 Å². The van der Waals surface area contributed by atoms with E-state index in [0.29, 0.717) is 5.92 Å². The second kappa shape index (κ2) is 6.99. The van der Waals surface area contributed by atoms with Crippen LogP contribution in [-0.2, 0) is 4.84 Å². The molecule has 1 rings (SSSR count). The van der Waals surface area contributed by atoms with Crippen molar-refractivity contribution in [1.82, 2.24) is 5.00 Å². The van der Waals surface area contributed by atoms with Crippen LogP contribution >= 0.6 is 11.8 Å². The van der Waals surface area contributed by atoms with Gasteiger partial charge in [0.25, 0.3) is 0 Å². The van der Waals surface area contributed by atoms with Crippen LogP contribution in [-0.4, -0.2) is 6.29 Å². The standard InChI is InChI=1S/C17H28ClNO2/c1-12(21-19-18)20-14-10-8-13(9-11-14)15(16(2,3)4)17(5,6)7/h8-12,15,19H,1-7H3. The van der Waals surface area contributed by atoms with Gasteiger partial charge in [-0.05, 0) is 41.4 Å². The third-order valence-corrected chi connectivity index (χ3v) is 3.55. The average Bonchev–Trinajstić information content (AvgIpc) is 2.28. The topological polar surface area (TPSA) is 30.5 Å². The third kappa shape index (κ3) is 5.50. The van der Waals surface area contributed by atoms with E-state index in [9.17, 15) is 0 Å². The second-order valence-corrected chi connectivity index (χ2v) is 7.77. The molecular weight excluding hydrogens is 286 g/mol. The van der Waals surface area contributed by atoms with Crippen LogP contribution in [0.2, 0.25) is 0 Å². The van der Waals surface area contributed by atoms with Gasteiger partial charge in [0, 0.05) is 11.8 Å². The molecule has 1 N–H and O–H groups in total. The van der Waals surface area contributed by atoms with Crippen LogP contribution in [0.4, 0.5) is 0 Å². The Labute approximate surface area is 134 Å². The highest BCUT2D eigenvalue weighted by Crippen LogP contribution is 2.47. The van der Waals surface area contributed by atoms with Crippen molar-refractivity contribution in [3.8, 4) is 5.75 Å². The summed E-state index contributed by atoms with van der Waals surface area (Å²) < 4.78 is 5.59. The third-order valence-electron chi connectivity index (χ3n) is 3.46. The van der Waals surface area contributed by atoms with E-state index in [1.807, 2.05) is 12.1 Å². The SMILES string of the molecule is CC(ONCl)Oc1ccc(C(C(C)(C)C)C(C)(C)C)cc1. The molecule has 0 aliphatic rings. The van der Waals surface area contributed by atoms with Gasteiger partial charge in [0.15, 0.2) is 0 Å². The number of benzene rings is 1. The normalized spacial score (nSPS) is 14.3. The lowest BCUT2D eigenvalue weighted by Gasteiger charge is -2.41. The second-order valence-electron chi connectivity index (χ2n) is 7.61. The molecule has 0 saturated carbocycles. The molecule has 0 spiro atoms. The molecule has 4 heteroatoms. The summed E-state index contributed by atoms with van der Waals surface area (Å²) in [5, 5.41) is 0. The molecular formula is C17H28ClNO2. The van der Waals surface area contributed by atoms with Gasteiger partial charge in [0.05, 0.1) is 0 Å². The van der Waals surface area contributed by atoms with Crippen molar-refractivity contribution in [2.75, 3.05) is 0 Å². The first-order valence-electron chi connectivity index (χ1n) is 7.33. The van der Waals surface area contributed by atoms with Gasteiger partial charge >= 0.3 is 0 Å². The minimum atomic E-state index is -0.450. The summed E-state index contributed by atoms with van der Waals surface area (Å²) in [7, 11) is 0. The maximum Gasteiger partial charge on any atom is 0.216 e. The Morgan fingerprint density at radius 1 is 0.952 bits per heavy atom. The van der Waals surface area contributed by atoms with Crippen molar-refractivity contribution in [2.45, 2.75) is 60.7 Å². The summed E-state index contributed by atoms with van der Waals surface area (Å²) in [6.07, 6.45) is -0.450. The summed E-state index contributed by atoms with van der Waals surface area (Å²) in [4.78, 5) is 7.03. The molecule has 21 heavy (non-hydrogen) atoms. The number of halogens is 1. The molecule has 1 unspecified atom stereocenters. The maximum atomic E-state index is 5.59.